The van der Waals surface area contributed by atoms with Crippen molar-refractivity contribution in [3.8, 4) is 5.75 Å². The quantitative estimate of drug-likeness (QED) is 0.821. The summed E-state index contributed by atoms with van der Waals surface area (Å²) in [5.74, 6) is 0.662. The van der Waals surface area contributed by atoms with Crippen LogP contribution in [-0.2, 0) is 0 Å². The maximum Gasteiger partial charge on any atom is 0.321 e. The first kappa shape index (κ1) is 13.0. The molecule has 0 bridgehead atoms. The van der Waals surface area contributed by atoms with E-state index in [0.29, 0.717) is 11.6 Å². The predicted molar refractivity (Wildman–Crippen MR) is 72.1 cm³/mol. The van der Waals surface area contributed by atoms with Crippen molar-refractivity contribution in [2.24, 2.45) is 5.92 Å². The molecule has 0 aromatic heterocycles. The summed E-state index contributed by atoms with van der Waals surface area (Å²) < 4.78 is 0. The van der Waals surface area contributed by atoms with Gasteiger partial charge in [0.15, 0.2) is 0 Å². The fraction of sp³-hybridized carbons (Fsp3) is 0.462. The van der Waals surface area contributed by atoms with Crippen LogP contribution in [0.1, 0.15) is 19.8 Å². The number of hydrogen-bond acceptors (Lipinski definition) is 2. The molecule has 0 aliphatic carbocycles. The van der Waals surface area contributed by atoms with Crippen LogP contribution in [-0.4, -0.2) is 29.1 Å². The smallest absolute Gasteiger partial charge is 0.321 e. The maximum atomic E-state index is 12.0. The second-order valence-corrected chi connectivity index (χ2v) is 5.17. The number of halogens is 1. The fourth-order valence-electron chi connectivity index (χ4n) is 2.00. The van der Waals surface area contributed by atoms with Gasteiger partial charge in [0.1, 0.15) is 5.75 Å². The van der Waals surface area contributed by atoms with E-state index in [1.54, 1.807) is 17.0 Å². The van der Waals surface area contributed by atoms with Crippen LogP contribution < -0.4 is 5.32 Å². The number of nitrogens with zero attached hydrogens (tertiary/aromatic N) is 1. The molecule has 1 aliphatic heterocycles. The van der Waals surface area contributed by atoms with E-state index in [-0.39, 0.29) is 16.8 Å². The van der Waals surface area contributed by atoms with Gasteiger partial charge in [-0.2, -0.15) is 0 Å². The van der Waals surface area contributed by atoms with Crippen molar-refractivity contribution in [1.29, 1.82) is 0 Å². The average Bonchev–Trinajstić information content (AvgIpc) is 2.34. The molecule has 1 fully saturated rings. The minimum atomic E-state index is -0.122. The van der Waals surface area contributed by atoms with Gasteiger partial charge in [-0.3, -0.25) is 0 Å². The molecule has 1 aromatic rings. The minimum absolute atomic E-state index is 0.0262. The molecule has 1 aromatic carbocycles. The molecule has 2 N–H and O–H groups in total. The number of nitrogens with one attached hydrogen (secondary N) is 1. The molecule has 2 rings (SSSR count). The lowest BCUT2D eigenvalue weighted by atomic mass is 10.00. The number of rotatable bonds is 1. The van der Waals surface area contributed by atoms with Gasteiger partial charge in [0.2, 0.25) is 0 Å². The number of phenolic OH excluding ortho intramolecular Hbond substituents is 1. The molecule has 18 heavy (non-hydrogen) atoms. The Kier molecular flexibility index (Phi) is 3.97. The second-order valence-electron chi connectivity index (χ2n) is 4.77. The predicted octanol–water partition coefficient (Wildman–Crippen LogP) is 3.31. The number of phenols is 1. The maximum absolute atomic E-state index is 12.0. The van der Waals surface area contributed by atoms with Crippen molar-refractivity contribution >= 4 is 23.3 Å². The Balaban J connectivity index is 1.96. The summed E-state index contributed by atoms with van der Waals surface area (Å²) in [7, 11) is 0. The minimum Gasteiger partial charge on any atom is -0.506 e. The van der Waals surface area contributed by atoms with E-state index in [1.807, 2.05) is 0 Å². The number of likely N-dealkylation sites (tertiary alicyclic amines) is 1. The van der Waals surface area contributed by atoms with Gasteiger partial charge in [-0.1, -0.05) is 18.5 Å². The first-order valence-corrected chi connectivity index (χ1v) is 6.48. The normalized spacial score (nSPS) is 16.7. The number of carbonyl (C=O) groups excluding carboxylic acids is 1. The van der Waals surface area contributed by atoms with Crippen molar-refractivity contribution < 1.29 is 9.90 Å². The van der Waals surface area contributed by atoms with Crippen molar-refractivity contribution in [3.63, 3.8) is 0 Å². The number of piperidine rings is 1. The van der Waals surface area contributed by atoms with Gasteiger partial charge in [-0.25, -0.2) is 4.79 Å². The van der Waals surface area contributed by atoms with E-state index in [9.17, 15) is 9.90 Å². The molecule has 0 radical (unpaired) electrons. The molecule has 1 aliphatic rings. The van der Waals surface area contributed by atoms with Gasteiger partial charge < -0.3 is 15.3 Å². The standard InChI is InChI=1S/C13H17ClN2O2/c1-9-4-6-16(7-5-9)13(18)15-10-2-3-11(14)12(17)8-10/h2-3,8-9,17H,4-7H2,1H3,(H,15,18). The van der Waals surface area contributed by atoms with Crippen LogP contribution in [0.25, 0.3) is 0 Å². The third-order valence-corrected chi connectivity index (χ3v) is 3.59. The molecular weight excluding hydrogens is 252 g/mol. The summed E-state index contributed by atoms with van der Waals surface area (Å²) in [4.78, 5) is 13.8. The zero-order valence-electron chi connectivity index (χ0n) is 10.3. The fourth-order valence-corrected chi connectivity index (χ4v) is 2.12. The Hall–Kier alpha value is -1.42. The Labute approximate surface area is 112 Å². The highest BCUT2D eigenvalue weighted by Gasteiger charge is 2.20. The first-order chi connectivity index (χ1) is 8.56. The van der Waals surface area contributed by atoms with Crippen LogP contribution in [0.3, 0.4) is 0 Å². The number of amides is 2. The van der Waals surface area contributed by atoms with Crippen molar-refractivity contribution in [2.75, 3.05) is 18.4 Å². The van der Waals surface area contributed by atoms with Crippen molar-refractivity contribution in [1.82, 2.24) is 4.90 Å². The lowest BCUT2D eigenvalue weighted by Crippen LogP contribution is -2.40. The molecule has 1 saturated heterocycles. The number of urea groups is 1. The number of aromatic hydroxyl groups is 1. The van der Waals surface area contributed by atoms with Gasteiger partial charge >= 0.3 is 6.03 Å². The van der Waals surface area contributed by atoms with E-state index >= 15 is 0 Å². The van der Waals surface area contributed by atoms with Crippen LogP contribution in [0.15, 0.2) is 18.2 Å². The number of carbonyl (C=O) groups is 1. The Morgan fingerprint density at radius 1 is 1.44 bits per heavy atom. The van der Waals surface area contributed by atoms with Crippen LogP contribution >= 0.6 is 11.6 Å². The Morgan fingerprint density at radius 2 is 2.11 bits per heavy atom. The van der Waals surface area contributed by atoms with Gasteiger partial charge in [-0.15, -0.1) is 0 Å². The topological polar surface area (TPSA) is 52.6 Å². The van der Waals surface area contributed by atoms with Gasteiger partial charge in [0, 0.05) is 24.8 Å². The summed E-state index contributed by atoms with van der Waals surface area (Å²) in [6.07, 6.45) is 2.08. The van der Waals surface area contributed by atoms with Crippen LogP contribution in [0.2, 0.25) is 5.02 Å². The van der Waals surface area contributed by atoms with Crippen molar-refractivity contribution in [2.45, 2.75) is 19.8 Å². The molecule has 2 amide bonds. The van der Waals surface area contributed by atoms with Crippen molar-refractivity contribution in [3.05, 3.63) is 23.2 Å². The molecule has 4 nitrogen and oxygen atoms in total. The highest BCUT2D eigenvalue weighted by Crippen LogP contribution is 2.26. The zero-order valence-corrected chi connectivity index (χ0v) is 11.1. The lowest BCUT2D eigenvalue weighted by molar-refractivity contribution is 0.186. The van der Waals surface area contributed by atoms with E-state index in [2.05, 4.69) is 12.2 Å². The average molecular weight is 269 g/mol. The molecule has 0 saturated carbocycles. The Bertz CT molecular complexity index is 443. The van der Waals surface area contributed by atoms with E-state index in [4.69, 9.17) is 11.6 Å². The number of benzene rings is 1. The van der Waals surface area contributed by atoms with Gasteiger partial charge in [-0.05, 0) is 30.9 Å². The van der Waals surface area contributed by atoms with E-state index in [0.717, 1.165) is 25.9 Å². The van der Waals surface area contributed by atoms with E-state index in [1.165, 1.54) is 6.07 Å². The molecule has 5 heteroatoms. The number of anilines is 1. The Morgan fingerprint density at radius 3 is 2.72 bits per heavy atom. The SMILES string of the molecule is CC1CCN(C(=O)Nc2ccc(Cl)c(O)c2)CC1. The number of hydrogen-bond donors (Lipinski definition) is 2. The van der Waals surface area contributed by atoms with Gasteiger partial charge in [0.05, 0.1) is 5.02 Å². The summed E-state index contributed by atoms with van der Waals surface area (Å²) >= 11 is 5.71. The molecule has 0 atom stereocenters. The largest absolute Gasteiger partial charge is 0.506 e. The highest BCUT2D eigenvalue weighted by atomic mass is 35.5. The molecule has 98 valence electrons. The third kappa shape index (κ3) is 3.07. The first-order valence-electron chi connectivity index (χ1n) is 6.10. The summed E-state index contributed by atoms with van der Waals surface area (Å²) in [5, 5.41) is 12.5. The third-order valence-electron chi connectivity index (χ3n) is 3.27. The molecule has 0 spiro atoms. The second kappa shape index (κ2) is 5.48. The highest BCUT2D eigenvalue weighted by molar-refractivity contribution is 6.32. The van der Waals surface area contributed by atoms with Crippen LogP contribution in [0, 0.1) is 5.92 Å². The molecule has 0 unspecified atom stereocenters. The summed E-state index contributed by atoms with van der Waals surface area (Å²) in [6, 6.07) is 4.56. The summed E-state index contributed by atoms with van der Waals surface area (Å²) in [6.45, 7) is 3.77. The van der Waals surface area contributed by atoms with Gasteiger partial charge in [0.25, 0.3) is 0 Å². The molecular formula is C13H17ClN2O2. The summed E-state index contributed by atoms with van der Waals surface area (Å²) in [5.41, 5.74) is 0.556. The van der Waals surface area contributed by atoms with E-state index < -0.39 is 0 Å². The molecule has 1 heterocycles. The monoisotopic (exact) mass is 268 g/mol. The van der Waals surface area contributed by atoms with Crippen LogP contribution in [0.5, 0.6) is 5.75 Å². The zero-order chi connectivity index (χ0) is 13.1. The van der Waals surface area contributed by atoms with Crippen LogP contribution in [0.4, 0.5) is 10.5 Å². The lowest BCUT2D eigenvalue weighted by Gasteiger charge is -2.30.